The van der Waals surface area contributed by atoms with Crippen LogP contribution in [0.15, 0.2) is 24.3 Å². The molecule has 2 saturated heterocycles. The van der Waals surface area contributed by atoms with Gasteiger partial charge in [-0.05, 0) is 24.3 Å². The summed E-state index contributed by atoms with van der Waals surface area (Å²) in [5, 5.41) is 0. The van der Waals surface area contributed by atoms with Crippen molar-refractivity contribution in [3.05, 3.63) is 29.8 Å². The number of likely N-dealkylation sites (tertiary alicyclic amines) is 1. The van der Waals surface area contributed by atoms with E-state index >= 15 is 0 Å². The second kappa shape index (κ2) is 6.03. The first-order valence-corrected chi connectivity index (χ1v) is 7.76. The van der Waals surface area contributed by atoms with Crippen molar-refractivity contribution in [3.63, 3.8) is 0 Å². The van der Waals surface area contributed by atoms with Crippen molar-refractivity contribution in [3.8, 4) is 0 Å². The lowest BCUT2D eigenvalue weighted by molar-refractivity contribution is -0.137. The molecule has 1 aromatic rings. The first-order valence-electron chi connectivity index (χ1n) is 7.76. The van der Waals surface area contributed by atoms with E-state index in [-0.39, 0.29) is 5.91 Å². The molecule has 126 valence electrons. The van der Waals surface area contributed by atoms with Gasteiger partial charge in [-0.3, -0.25) is 9.69 Å². The third-order valence-electron chi connectivity index (χ3n) is 4.70. The fourth-order valence-electron chi connectivity index (χ4n) is 3.15. The molecular formula is C16H20F3N3O. The van der Waals surface area contributed by atoms with Crippen LogP contribution in [-0.2, 0) is 11.0 Å². The van der Waals surface area contributed by atoms with Crippen LogP contribution in [-0.4, -0.2) is 61.0 Å². The fraction of sp³-hybridized carbons (Fsp3) is 0.562. The van der Waals surface area contributed by atoms with Crippen LogP contribution < -0.4 is 4.90 Å². The first-order chi connectivity index (χ1) is 10.8. The molecule has 1 amide bonds. The van der Waals surface area contributed by atoms with E-state index in [0.29, 0.717) is 6.04 Å². The maximum absolute atomic E-state index is 12.6. The van der Waals surface area contributed by atoms with Gasteiger partial charge in [-0.25, -0.2) is 0 Å². The van der Waals surface area contributed by atoms with Crippen LogP contribution in [0.5, 0.6) is 0 Å². The molecule has 3 rings (SSSR count). The van der Waals surface area contributed by atoms with Crippen molar-refractivity contribution in [2.45, 2.75) is 19.1 Å². The SMILES string of the molecule is CC(=O)N1CC(N2CCN(c3ccc(C(F)(F)F)cc3)CC2)C1. The quantitative estimate of drug-likeness (QED) is 0.832. The molecule has 0 unspecified atom stereocenters. The lowest BCUT2D eigenvalue weighted by Crippen LogP contribution is -2.63. The maximum Gasteiger partial charge on any atom is 0.416 e. The van der Waals surface area contributed by atoms with Crippen molar-refractivity contribution in [2.75, 3.05) is 44.2 Å². The number of hydrogen-bond donors (Lipinski definition) is 0. The number of alkyl halides is 3. The highest BCUT2D eigenvalue weighted by molar-refractivity contribution is 5.74. The molecule has 4 nitrogen and oxygen atoms in total. The van der Waals surface area contributed by atoms with Crippen molar-refractivity contribution in [1.82, 2.24) is 9.80 Å². The topological polar surface area (TPSA) is 26.8 Å². The molecule has 23 heavy (non-hydrogen) atoms. The van der Waals surface area contributed by atoms with Gasteiger partial charge in [-0.2, -0.15) is 13.2 Å². The summed E-state index contributed by atoms with van der Waals surface area (Å²) >= 11 is 0. The summed E-state index contributed by atoms with van der Waals surface area (Å²) in [7, 11) is 0. The summed E-state index contributed by atoms with van der Waals surface area (Å²) < 4.78 is 37.8. The van der Waals surface area contributed by atoms with Gasteiger partial charge in [-0.1, -0.05) is 0 Å². The number of halogens is 3. The van der Waals surface area contributed by atoms with Gasteiger partial charge in [0.2, 0.25) is 5.91 Å². The van der Waals surface area contributed by atoms with Crippen LogP contribution in [0.25, 0.3) is 0 Å². The molecule has 0 radical (unpaired) electrons. The number of rotatable bonds is 2. The number of carbonyl (C=O) groups excluding carboxylic acids is 1. The van der Waals surface area contributed by atoms with E-state index < -0.39 is 11.7 Å². The minimum atomic E-state index is -4.29. The van der Waals surface area contributed by atoms with Crippen molar-refractivity contribution < 1.29 is 18.0 Å². The molecule has 0 bridgehead atoms. The molecular weight excluding hydrogens is 307 g/mol. The minimum absolute atomic E-state index is 0.115. The Morgan fingerprint density at radius 2 is 1.61 bits per heavy atom. The van der Waals surface area contributed by atoms with Crippen LogP contribution in [0.1, 0.15) is 12.5 Å². The van der Waals surface area contributed by atoms with E-state index in [0.717, 1.165) is 57.1 Å². The molecule has 0 saturated carbocycles. The van der Waals surface area contributed by atoms with E-state index in [9.17, 15) is 18.0 Å². The van der Waals surface area contributed by atoms with Gasteiger partial charge in [0.1, 0.15) is 0 Å². The highest BCUT2D eigenvalue weighted by Crippen LogP contribution is 2.30. The van der Waals surface area contributed by atoms with Crippen LogP contribution >= 0.6 is 0 Å². The normalized spacial score (nSPS) is 20.5. The summed E-state index contributed by atoms with van der Waals surface area (Å²) in [5.41, 5.74) is 0.218. The third-order valence-corrected chi connectivity index (χ3v) is 4.70. The summed E-state index contributed by atoms with van der Waals surface area (Å²) in [6.07, 6.45) is -4.29. The minimum Gasteiger partial charge on any atom is -0.369 e. The molecule has 0 N–H and O–H groups in total. The highest BCUT2D eigenvalue weighted by atomic mass is 19.4. The fourth-order valence-corrected chi connectivity index (χ4v) is 3.15. The number of carbonyl (C=O) groups is 1. The monoisotopic (exact) mass is 327 g/mol. The summed E-state index contributed by atoms with van der Waals surface area (Å²) in [4.78, 5) is 17.5. The Morgan fingerprint density at radius 1 is 1.04 bits per heavy atom. The van der Waals surface area contributed by atoms with E-state index in [4.69, 9.17) is 0 Å². The lowest BCUT2D eigenvalue weighted by atomic mass is 10.1. The van der Waals surface area contributed by atoms with E-state index in [1.807, 2.05) is 4.90 Å². The molecule has 0 aliphatic carbocycles. The average molecular weight is 327 g/mol. The molecule has 1 aromatic carbocycles. The summed E-state index contributed by atoms with van der Waals surface area (Å²) in [6, 6.07) is 5.78. The summed E-state index contributed by atoms with van der Waals surface area (Å²) in [6.45, 7) is 6.49. The first kappa shape index (κ1) is 16.1. The smallest absolute Gasteiger partial charge is 0.369 e. The zero-order chi connectivity index (χ0) is 16.6. The second-order valence-corrected chi connectivity index (χ2v) is 6.15. The van der Waals surface area contributed by atoms with Crippen LogP contribution in [0.2, 0.25) is 0 Å². The van der Waals surface area contributed by atoms with E-state index in [1.54, 1.807) is 19.1 Å². The van der Waals surface area contributed by atoms with Gasteiger partial charge in [0, 0.05) is 57.9 Å². The second-order valence-electron chi connectivity index (χ2n) is 6.15. The molecule has 7 heteroatoms. The molecule has 2 heterocycles. The largest absolute Gasteiger partial charge is 0.416 e. The standard InChI is InChI=1S/C16H20F3N3O/c1-12(23)22-10-15(11-22)21-8-6-20(7-9-21)14-4-2-13(3-5-14)16(17,18)19/h2-5,15H,6-11H2,1H3. The highest BCUT2D eigenvalue weighted by Gasteiger charge is 2.35. The van der Waals surface area contributed by atoms with Gasteiger partial charge >= 0.3 is 6.18 Å². The van der Waals surface area contributed by atoms with Crippen molar-refractivity contribution in [1.29, 1.82) is 0 Å². The molecule has 0 aromatic heterocycles. The van der Waals surface area contributed by atoms with Crippen molar-refractivity contribution >= 4 is 11.6 Å². The molecule has 2 aliphatic rings. The van der Waals surface area contributed by atoms with E-state index in [1.165, 1.54) is 0 Å². The number of amides is 1. The zero-order valence-corrected chi connectivity index (χ0v) is 13.0. The Labute approximate surface area is 133 Å². The van der Waals surface area contributed by atoms with Gasteiger partial charge in [0.05, 0.1) is 5.56 Å². The maximum atomic E-state index is 12.6. The Bertz CT molecular complexity index is 559. The predicted octanol–water partition coefficient (Wildman–Crippen LogP) is 2.06. The number of nitrogens with zero attached hydrogens (tertiary/aromatic N) is 3. The van der Waals surface area contributed by atoms with Gasteiger partial charge in [0.25, 0.3) is 0 Å². The van der Waals surface area contributed by atoms with Crippen LogP contribution in [0.3, 0.4) is 0 Å². The Morgan fingerprint density at radius 3 is 2.09 bits per heavy atom. The number of hydrogen-bond acceptors (Lipinski definition) is 3. The average Bonchev–Trinajstić information content (AvgIpc) is 2.45. The molecule has 2 fully saturated rings. The lowest BCUT2D eigenvalue weighted by Gasteiger charge is -2.48. The summed E-state index contributed by atoms with van der Waals surface area (Å²) in [5.74, 6) is 0.115. The van der Waals surface area contributed by atoms with Gasteiger partial charge < -0.3 is 9.80 Å². The third kappa shape index (κ3) is 3.44. The van der Waals surface area contributed by atoms with E-state index in [2.05, 4.69) is 9.80 Å². The van der Waals surface area contributed by atoms with Crippen molar-refractivity contribution in [2.24, 2.45) is 0 Å². The zero-order valence-electron chi connectivity index (χ0n) is 13.0. The number of benzene rings is 1. The molecule has 0 spiro atoms. The van der Waals surface area contributed by atoms with Crippen LogP contribution in [0, 0.1) is 0 Å². The molecule has 0 atom stereocenters. The van der Waals surface area contributed by atoms with Gasteiger partial charge in [0.15, 0.2) is 0 Å². The molecule has 2 aliphatic heterocycles. The predicted molar refractivity (Wildman–Crippen MR) is 81.3 cm³/mol. The number of anilines is 1. The van der Waals surface area contributed by atoms with Crippen LogP contribution in [0.4, 0.5) is 18.9 Å². The Balaban J connectivity index is 1.52. The van der Waals surface area contributed by atoms with Gasteiger partial charge in [-0.15, -0.1) is 0 Å². The Hall–Kier alpha value is -1.76. The Kier molecular flexibility index (Phi) is 4.23. The number of piperazine rings is 1.